The van der Waals surface area contributed by atoms with Crippen LogP contribution in [0, 0.1) is 14.9 Å². The van der Waals surface area contributed by atoms with Gasteiger partial charge in [-0.15, -0.1) is 69.1 Å². The Morgan fingerprint density at radius 2 is 0.774 bits per heavy atom. The number of rotatable bonds is 9. The molecule has 0 radical (unpaired) electrons. The van der Waals surface area contributed by atoms with Gasteiger partial charge in [0.15, 0.2) is 0 Å². The molecule has 0 aromatic heterocycles. The summed E-state index contributed by atoms with van der Waals surface area (Å²) in [6.07, 6.45) is 1.04. The van der Waals surface area contributed by atoms with Gasteiger partial charge in [-0.3, -0.25) is 0 Å². The van der Waals surface area contributed by atoms with E-state index in [9.17, 15) is 0 Å². The van der Waals surface area contributed by atoms with Crippen LogP contribution in [0.1, 0.15) is 31.4 Å². The Kier molecular flexibility index (Phi) is 13.5. The van der Waals surface area contributed by atoms with Gasteiger partial charge in [0.05, 0.1) is 32.3 Å². The minimum atomic E-state index is -1.49. The number of hydrogen-bond donors (Lipinski definition) is 0. The van der Waals surface area contributed by atoms with E-state index >= 15 is 0 Å². The average Bonchev–Trinajstić information content (AvgIpc) is 3.68. The maximum Gasteiger partial charge on any atom is 4.00 e. The van der Waals surface area contributed by atoms with Crippen molar-refractivity contribution in [2.45, 2.75) is 104 Å². The molecule has 6 rings (SSSR count). The fraction of sp³-hybridized carbons (Fsp3) is 0.333. The van der Waals surface area contributed by atoms with Crippen LogP contribution in [0.4, 0.5) is 0 Å². The van der Waals surface area contributed by atoms with Gasteiger partial charge in [-0.25, -0.2) is 0 Å². The summed E-state index contributed by atoms with van der Waals surface area (Å²) < 4.78 is 0. The quantitative estimate of drug-likeness (QED) is 0.100. The topological polar surface area (TPSA) is 0 Å². The van der Waals surface area contributed by atoms with Crippen LogP contribution < -0.4 is 20.7 Å². The third kappa shape index (κ3) is 8.96. The smallest absolute Gasteiger partial charge is 0.358 e. The minimum Gasteiger partial charge on any atom is -0.358 e. The summed E-state index contributed by atoms with van der Waals surface area (Å²) >= 11 is 0. The van der Waals surface area contributed by atoms with Crippen LogP contribution in [-0.4, -0.2) is 32.3 Å². The summed E-state index contributed by atoms with van der Waals surface area (Å²) in [6, 6.07) is 39.1. The molecule has 6 aromatic carbocycles. The second-order valence-electron chi connectivity index (χ2n) is 19.4. The maximum absolute atomic E-state index is 2.55. The molecule has 53 heavy (non-hydrogen) atoms. The Morgan fingerprint density at radius 1 is 0.472 bits per heavy atom. The fourth-order valence-electron chi connectivity index (χ4n) is 7.48. The Labute approximate surface area is 347 Å². The summed E-state index contributed by atoms with van der Waals surface area (Å²) in [6.45, 7) is 34.6. The molecule has 0 atom stereocenters. The predicted molar refractivity (Wildman–Crippen MR) is 251 cm³/mol. The second kappa shape index (κ2) is 15.8. The van der Waals surface area contributed by atoms with Crippen LogP contribution in [0.3, 0.4) is 0 Å². The fourth-order valence-corrected chi connectivity index (χ4v) is 12.5. The van der Waals surface area contributed by atoms with Crippen molar-refractivity contribution in [2.24, 2.45) is 0 Å². The first-order valence-electron chi connectivity index (χ1n) is 18.8. The van der Waals surface area contributed by atoms with Crippen molar-refractivity contribution in [2.75, 3.05) is 0 Å². The van der Waals surface area contributed by atoms with Gasteiger partial charge in [0.1, 0.15) is 0 Å². The largest absolute Gasteiger partial charge is 4.00 e. The van der Waals surface area contributed by atoms with Gasteiger partial charge in [-0.05, 0) is 23.0 Å². The number of benzene rings is 4. The van der Waals surface area contributed by atoms with Crippen molar-refractivity contribution in [3.63, 3.8) is 0 Å². The SMILES string of the molecule is CCC(C)(c1cc2c(-c3cc([Si](C)(C)C)cc([Si](C)(C)C)c3)cccc2[cH-]1)c1cc2c(-c3cc([Si](C)(C)C)cc([Si](C)(C)C)c3)cccc2[cH-]1.[CH3-].[CH3-].[Hf+4]. The molecule has 0 spiro atoms. The van der Waals surface area contributed by atoms with E-state index < -0.39 is 32.3 Å². The first-order chi connectivity index (χ1) is 23.1. The van der Waals surface area contributed by atoms with E-state index in [1.54, 1.807) is 20.7 Å². The van der Waals surface area contributed by atoms with E-state index in [-0.39, 0.29) is 46.1 Å². The number of fused-ring (bicyclic) bond motifs is 2. The monoisotopic (exact) mass is 934 g/mol. The van der Waals surface area contributed by atoms with Crippen LogP contribution in [0.2, 0.25) is 78.6 Å². The minimum absolute atomic E-state index is 0. The zero-order valence-corrected chi connectivity index (χ0v) is 43.5. The predicted octanol–water partition coefficient (Wildman–Crippen LogP) is 12.6. The molecule has 278 valence electrons. The molecule has 0 saturated heterocycles. The van der Waals surface area contributed by atoms with E-state index in [1.807, 2.05) is 0 Å². The normalized spacial score (nSPS) is 12.7. The Bertz CT molecular complexity index is 1990. The van der Waals surface area contributed by atoms with E-state index in [1.165, 1.54) is 54.9 Å². The van der Waals surface area contributed by atoms with Gasteiger partial charge in [0, 0.05) is 0 Å². The molecule has 0 fully saturated rings. The second-order valence-corrected chi connectivity index (χ2v) is 39.7. The van der Waals surface area contributed by atoms with Gasteiger partial charge in [0.2, 0.25) is 0 Å². The van der Waals surface area contributed by atoms with Crippen LogP contribution in [-0.2, 0) is 31.3 Å². The Morgan fingerprint density at radius 3 is 1.04 bits per heavy atom. The van der Waals surface area contributed by atoms with Crippen molar-refractivity contribution in [3.05, 3.63) is 123 Å². The first kappa shape index (κ1) is 45.2. The summed E-state index contributed by atoms with van der Waals surface area (Å²) in [5.41, 5.74) is 8.29. The molecule has 0 N–H and O–H groups in total. The van der Waals surface area contributed by atoms with Crippen LogP contribution >= 0.6 is 0 Å². The van der Waals surface area contributed by atoms with Crippen molar-refractivity contribution < 1.29 is 25.8 Å². The molecule has 0 amide bonds. The molecule has 0 aliphatic carbocycles. The molecular formula is C48H66HfSi4. The van der Waals surface area contributed by atoms with Crippen LogP contribution in [0.25, 0.3) is 43.8 Å². The van der Waals surface area contributed by atoms with Crippen molar-refractivity contribution in [1.29, 1.82) is 0 Å². The zero-order valence-electron chi connectivity index (χ0n) is 35.9. The molecular weight excluding hydrogens is 867 g/mol. The van der Waals surface area contributed by atoms with Crippen LogP contribution in [0.5, 0.6) is 0 Å². The van der Waals surface area contributed by atoms with Gasteiger partial charge in [-0.1, -0.05) is 173 Å². The summed E-state index contributed by atoms with van der Waals surface area (Å²) in [5, 5.41) is 11.8. The van der Waals surface area contributed by atoms with Gasteiger partial charge < -0.3 is 14.9 Å². The third-order valence-electron chi connectivity index (χ3n) is 11.4. The van der Waals surface area contributed by atoms with E-state index in [0.29, 0.717) is 0 Å². The standard InChI is InChI=1S/C46H60Si4.2CH3.Hf/c1-15-46(2,36-22-32-18-16-20-42(44(32)28-36)34-24-38(47(3,4)5)30-39(25-34)48(6,7)8)37-23-33-19-17-21-43(45(33)29-37)35-26-40(49(9,10)11)31-41(27-35)50(12,13)14;;;/h16-31H,15H2,1-14H3;2*1H3;/q-2;2*-1;+4. The Hall–Kier alpha value is -2.16. The first-order valence-corrected chi connectivity index (χ1v) is 32.8. The van der Waals surface area contributed by atoms with Gasteiger partial charge in [0.25, 0.3) is 0 Å². The van der Waals surface area contributed by atoms with Crippen molar-refractivity contribution in [1.82, 2.24) is 0 Å². The Balaban J connectivity index is 0.00000252. The molecule has 6 aromatic rings. The van der Waals surface area contributed by atoms with E-state index in [2.05, 4.69) is 189 Å². The molecule has 0 aliphatic rings. The molecule has 0 unspecified atom stereocenters. The van der Waals surface area contributed by atoms with Crippen molar-refractivity contribution >= 4 is 74.6 Å². The van der Waals surface area contributed by atoms with Crippen molar-refractivity contribution in [3.8, 4) is 22.3 Å². The third-order valence-corrected chi connectivity index (χ3v) is 19.5. The average molecular weight is 934 g/mol. The summed E-state index contributed by atoms with van der Waals surface area (Å²) in [7, 11) is -5.98. The van der Waals surface area contributed by atoms with Crippen LogP contribution in [0.15, 0.2) is 97.1 Å². The van der Waals surface area contributed by atoms with Gasteiger partial charge >= 0.3 is 25.8 Å². The zero-order chi connectivity index (χ0) is 36.6. The maximum atomic E-state index is 2.55. The molecule has 0 aliphatic heterocycles. The summed E-state index contributed by atoms with van der Waals surface area (Å²) in [4.78, 5) is 0. The molecule has 0 nitrogen and oxygen atoms in total. The molecule has 0 bridgehead atoms. The number of hydrogen-bond acceptors (Lipinski definition) is 0. The molecule has 0 saturated carbocycles. The molecule has 0 heterocycles. The summed E-state index contributed by atoms with van der Waals surface area (Å²) in [5.74, 6) is 0. The molecule has 5 heteroatoms. The van der Waals surface area contributed by atoms with E-state index in [4.69, 9.17) is 0 Å². The van der Waals surface area contributed by atoms with Gasteiger partial charge in [-0.2, -0.15) is 12.1 Å². The van der Waals surface area contributed by atoms with E-state index in [0.717, 1.165) is 6.42 Å².